The van der Waals surface area contributed by atoms with Crippen molar-refractivity contribution in [3.05, 3.63) is 71.1 Å². The fraction of sp³-hybridized carbons (Fsp3) is 0.300. The van der Waals surface area contributed by atoms with Gasteiger partial charge in [-0.2, -0.15) is 0 Å². The molecule has 0 atom stereocenters. The van der Waals surface area contributed by atoms with Crippen molar-refractivity contribution in [3.63, 3.8) is 0 Å². The zero-order chi connectivity index (χ0) is 16.8. The number of likely N-dealkylation sites (tertiary alicyclic amines) is 1. The van der Waals surface area contributed by atoms with Gasteiger partial charge in [0.15, 0.2) is 0 Å². The summed E-state index contributed by atoms with van der Waals surface area (Å²) in [7, 11) is -3.48. The minimum absolute atomic E-state index is 0.365. The Morgan fingerprint density at radius 1 is 0.875 bits per heavy atom. The smallest absolute Gasteiger partial charge is 0.204 e. The molecule has 2 aromatic carbocycles. The van der Waals surface area contributed by atoms with Gasteiger partial charge in [-0.1, -0.05) is 55.0 Å². The van der Waals surface area contributed by atoms with Crippen LogP contribution < -0.4 is 0 Å². The Kier molecular flexibility index (Phi) is 5.48. The van der Waals surface area contributed by atoms with Crippen LogP contribution in [0.4, 0.5) is 0 Å². The molecule has 3 rings (SSSR count). The third-order valence-electron chi connectivity index (χ3n) is 4.35. The van der Waals surface area contributed by atoms with Crippen LogP contribution in [-0.4, -0.2) is 33.0 Å². The number of nitrogens with zero attached hydrogens (tertiary/aromatic N) is 1. The summed E-state index contributed by atoms with van der Waals surface area (Å²) >= 11 is 0. The topological polar surface area (TPSA) is 37.4 Å². The fourth-order valence-electron chi connectivity index (χ4n) is 3.03. The second-order valence-electron chi connectivity index (χ2n) is 6.17. The van der Waals surface area contributed by atoms with Crippen LogP contribution in [0.25, 0.3) is 6.08 Å². The van der Waals surface area contributed by atoms with E-state index in [0.717, 1.165) is 31.5 Å². The molecule has 0 saturated carbocycles. The minimum Gasteiger partial charge on any atom is -0.298 e. The van der Waals surface area contributed by atoms with Crippen molar-refractivity contribution >= 4 is 15.9 Å². The highest BCUT2D eigenvalue weighted by Crippen LogP contribution is 2.23. The Balaban J connectivity index is 1.96. The van der Waals surface area contributed by atoms with E-state index in [4.69, 9.17) is 0 Å². The van der Waals surface area contributed by atoms with E-state index in [1.807, 2.05) is 42.5 Å². The van der Waals surface area contributed by atoms with Gasteiger partial charge in [0.2, 0.25) is 9.84 Å². The second kappa shape index (κ2) is 7.77. The first-order chi connectivity index (χ1) is 11.7. The molecular formula is C20H23NO2S. The lowest BCUT2D eigenvalue weighted by Gasteiger charge is -2.27. The lowest BCUT2D eigenvalue weighted by molar-refractivity contribution is 0.250. The van der Waals surface area contributed by atoms with E-state index in [1.165, 1.54) is 6.42 Å². The van der Waals surface area contributed by atoms with Gasteiger partial charge in [-0.05, 0) is 49.7 Å². The molecule has 0 radical (unpaired) electrons. The highest BCUT2D eigenvalue weighted by atomic mass is 32.2. The van der Waals surface area contributed by atoms with Gasteiger partial charge >= 0.3 is 0 Å². The Labute approximate surface area is 144 Å². The van der Waals surface area contributed by atoms with E-state index >= 15 is 0 Å². The van der Waals surface area contributed by atoms with Crippen LogP contribution in [-0.2, 0) is 9.84 Å². The van der Waals surface area contributed by atoms with Crippen molar-refractivity contribution in [2.24, 2.45) is 0 Å². The quantitative estimate of drug-likeness (QED) is 0.825. The molecule has 0 aliphatic carbocycles. The highest BCUT2D eigenvalue weighted by Gasteiger charge is 2.23. The maximum atomic E-state index is 13.1. The SMILES string of the molecule is O=S(=O)(/C(=C\c1ccccc1)CN1CCCCC1)c1ccccc1. The van der Waals surface area contributed by atoms with Gasteiger partial charge in [-0.15, -0.1) is 0 Å². The lowest BCUT2D eigenvalue weighted by atomic mass is 10.1. The molecule has 0 bridgehead atoms. The first-order valence-corrected chi connectivity index (χ1v) is 9.93. The first-order valence-electron chi connectivity index (χ1n) is 8.44. The van der Waals surface area contributed by atoms with E-state index < -0.39 is 9.84 Å². The van der Waals surface area contributed by atoms with Gasteiger partial charge in [-0.3, -0.25) is 4.90 Å². The summed E-state index contributed by atoms with van der Waals surface area (Å²) in [6.07, 6.45) is 5.34. The number of piperidine rings is 1. The molecule has 0 N–H and O–H groups in total. The summed E-state index contributed by atoms with van der Waals surface area (Å²) in [6.45, 7) is 2.42. The molecule has 1 saturated heterocycles. The summed E-state index contributed by atoms with van der Waals surface area (Å²) in [5.74, 6) is 0. The summed E-state index contributed by atoms with van der Waals surface area (Å²) < 4.78 is 26.2. The maximum absolute atomic E-state index is 13.1. The van der Waals surface area contributed by atoms with Crippen LogP contribution in [0.15, 0.2) is 70.5 Å². The van der Waals surface area contributed by atoms with Crippen LogP contribution in [0.5, 0.6) is 0 Å². The normalized spacial score (nSPS) is 16.9. The molecule has 126 valence electrons. The van der Waals surface area contributed by atoms with Crippen LogP contribution in [0, 0.1) is 0 Å². The number of hydrogen-bond donors (Lipinski definition) is 0. The Bertz CT molecular complexity index is 777. The molecule has 1 aliphatic rings. The van der Waals surface area contributed by atoms with Crippen molar-refractivity contribution in [2.75, 3.05) is 19.6 Å². The van der Waals surface area contributed by atoms with Gasteiger partial charge in [-0.25, -0.2) is 8.42 Å². The molecule has 1 heterocycles. The monoisotopic (exact) mass is 341 g/mol. The predicted molar refractivity (Wildman–Crippen MR) is 98.3 cm³/mol. The molecule has 2 aromatic rings. The van der Waals surface area contributed by atoms with E-state index in [0.29, 0.717) is 16.3 Å². The number of rotatable bonds is 5. The van der Waals surface area contributed by atoms with Crippen molar-refractivity contribution < 1.29 is 8.42 Å². The predicted octanol–water partition coefficient (Wildman–Crippen LogP) is 3.99. The Hall–Kier alpha value is -1.91. The maximum Gasteiger partial charge on any atom is 0.204 e. The van der Waals surface area contributed by atoms with E-state index in [2.05, 4.69) is 4.90 Å². The summed E-state index contributed by atoms with van der Waals surface area (Å²) in [4.78, 5) is 3.09. The second-order valence-corrected chi connectivity index (χ2v) is 8.18. The first kappa shape index (κ1) is 16.9. The van der Waals surface area contributed by atoms with Gasteiger partial charge in [0, 0.05) is 6.54 Å². The third-order valence-corrected chi connectivity index (χ3v) is 6.18. The minimum atomic E-state index is -3.48. The largest absolute Gasteiger partial charge is 0.298 e. The molecule has 0 aromatic heterocycles. The summed E-state index contributed by atoms with van der Waals surface area (Å²) in [6, 6.07) is 18.4. The Morgan fingerprint density at radius 3 is 2.08 bits per heavy atom. The fourth-order valence-corrected chi connectivity index (χ4v) is 4.49. The van der Waals surface area contributed by atoms with Gasteiger partial charge < -0.3 is 0 Å². The zero-order valence-corrected chi connectivity index (χ0v) is 14.6. The molecule has 1 fully saturated rings. The summed E-state index contributed by atoms with van der Waals surface area (Å²) in [5.41, 5.74) is 0.920. The van der Waals surface area contributed by atoms with Crippen molar-refractivity contribution in [2.45, 2.75) is 24.2 Å². The molecule has 4 heteroatoms. The Morgan fingerprint density at radius 2 is 1.46 bits per heavy atom. The average molecular weight is 341 g/mol. The third kappa shape index (κ3) is 4.13. The van der Waals surface area contributed by atoms with E-state index in [1.54, 1.807) is 24.3 Å². The van der Waals surface area contributed by atoms with Gasteiger partial charge in [0.05, 0.1) is 9.80 Å². The molecule has 0 unspecified atom stereocenters. The van der Waals surface area contributed by atoms with Gasteiger partial charge in [0.1, 0.15) is 0 Å². The van der Waals surface area contributed by atoms with Gasteiger partial charge in [0.25, 0.3) is 0 Å². The van der Waals surface area contributed by atoms with Crippen molar-refractivity contribution in [1.82, 2.24) is 4.90 Å². The molecule has 24 heavy (non-hydrogen) atoms. The highest BCUT2D eigenvalue weighted by molar-refractivity contribution is 7.95. The number of benzene rings is 2. The van der Waals surface area contributed by atoms with Crippen LogP contribution in [0.3, 0.4) is 0 Å². The molecule has 1 aliphatic heterocycles. The standard InChI is InChI=1S/C20H23NO2S/c22-24(23,19-12-6-2-7-13-19)20(16-18-10-4-1-5-11-18)17-21-14-8-3-9-15-21/h1-2,4-7,10-13,16H,3,8-9,14-15,17H2/b20-16-. The summed E-state index contributed by atoms with van der Waals surface area (Å²) in [5, 5.41) is 0. The van der Waals surface area contributed by atoms with E-state index in [9.17, 15) is 8.42 Å². The number of sulfone groups is 1. The van der Waals surface area contributed by atoms with E-state index in [-0.39, 0.29) is 0 Å². The van der Waals surface area contributed by atoms with Crippen LogP contribution in [0.1, 0.15) is 24.8 Å². The van der Waals surface area contributed by atoms with Crippen LogP contribution >= 0.6 is 0 Å². The molecule has 0 amide bonds. The van der Waals surface area contributed by atoms with Crippen LogP contribution in [0.2, 0.25) is 0 Å². The lowest BCUT2D eigenvalue weighted by Crippen LogP contribution is -2.33. The molecule has 3 nitrogen and oxygen atoms in total. The van der Waals surface area contributed by atoms with Crippen molar-refractivity contribution in [1.29, 1.82) is 0 Å². The molecule has 0 spiro atoms. The molecular weight excluding hydrogens is 318 g/mol. The zero-order valence-electron chi connectivity index (χ0n) is 13.8. The van der Waals surface area contributed by atoms with Crippen molar-refractivity contribution in [3.8, 4) is 0 Å². The number of hydrogen-bond acceptors (Lipinski definition) is 3. The average Bonchev–Trinajstić information content (AvgIpc) is 2.64.